The Balaban J connectivity index is 1.77. The number of ether oxygens (including phenoxy) is 1. The number of nitrogens with one attached hydrogen (secondary N) is 1. The molecular formula is C30H41N3O4Si. The minimum atomic E-state index is -1.29. The summed E-state index contributed by atoms with van der Waals surface area (Å²) in [6.07, 6.45) is 6.05. The van der Waals surface area contributed by atoms with E-state index in [4.69, 9.17) is 4.74 Å². The van der Waals surface area contributed by atoms with Gasteiger partial charge < -0.3 is 19.7 Å². The van der Waals surface area contributed by atoms with Crippen LogP contribution in [0, 0.1) is 0 Å². The average molecular weight is 536 g/mol. The number of aliphatic hydroxyl groups excluding tert-OH is 1. The van der Waals surface area contributed by atoms with Crippen LogP contribution in [-0.2, 0) is 22.5 Å². The minimum Gasteiger partial charge on any atom is -0.462 e. The second-order valence-corrected chi connectivity index (χ2v) is 16.5. The average Bonchev–Trinajstić information content (AvgIpc) is 3.42. The van der Waals surface area contributed by atoms with Gasteiger partial charge in [-0.15, -0.1) is 0 Å². The van der Waals surface area contributed by atoms with Gasteiger partial charge in [-0.1, -0.05) is 75.5 Å². The van der Waals surface area contributed by atoms with Crippen LogP contribution in [0.25, 0.3) is 11.1 Å². The zero-order valence-electron chi connectivity index (χ0n) is 23.1. The summed E-state index contributed by atoms with van der Waals surface area (Å²) in [5.41, 5.74) is 4.03. The Bertz CT molecular complexity index is 1160. The first-order valence-corrected chi connectivity index (χ1v) is 17.2. The number of aromatic amines is 1. The highest BCUT2D eigenvalue weighted by molar-refractivity contribution is 6.76. The van der Waals surface area contributed by atoms with Crippen LogP contribution < -0.4 is 0 Å². The number of hydrogen-bond donors (Lipinski definition) is 2. The van der Waals surface area contributed by atoms with Crippen molar-refractivity contribution in [2.24, 2.45) is 0 Å². The molecule has 3 rings (SSSR count). The topological polar surface area (TPSA) is 95.5 Å². The minimum absolute atomic E-state index is 0.0249. The molecule has 204 valence electrons. The number of H-pyrrole nitrogens is 1. The number of esters is 1. The molecule has 2 N–H and O–H groups in total. The lowest BCUT2D eigenvalue weighted by Gasteiger charge is -2.31. The van der Waals surface area contributed by atoms with Gasteiger partial charge in [-0.25, -0.2) is 9.78 Å². The van der Waals surface area contributed by atoms with Crippen molar-refractivity contribution in [3.63, 3.8) is 0 Å². The molecule has 0 saturated heterocycles. The molecule has 1 atom stereocenters. The van der Waals surface area contributed by atoms with Gasteiger partial charge in [0.05, 0.1) is 36.8 Å². The lowest BCUT2D eigenvalue weighted by Crippen LogP contribution is -2.43. The van der Waals surface area contributed by atoms with Crippen LogP contribution in [-0.4, -0.2) is 59.2 Å². The number of nitrogens with zero attached hydrogens (tertiary/aromatic N) is 2. The maximum Gasteiger partial charge on any atom is 0.338 e. The van der Waals surface area contributed by atoms with Crippen molar-refractivity contribution in [2.75, 3.05) is 13.2 Å². The first-order valence-electron chi connectivity index (χ1n) is 13.4. The number of imidazole rings is 1. The van der Waals surface area contributed by atoms with Crippen molar-refractivity contribution in [3.05, 3.63) is 77.9 Å². The fraction of sp³-hybridized carbons (Fsp3) is 0.433. The van der Waals surface area contributed by atoms with Gasteiger partial charge in [0.2, 0.25) is 5.91 Å². The van der Waals surface area contributed by atoms with Crippen molar-refractivity contribution in [1.82, 2.24) is 14.9 Å². The molecule has 0 radical (unpaired) electrons. The predicted molar refractivity (Wildman–Crippen MR) is 154 cm³/mol. The molecule has 0 bridgehead atoms. The summed E-state index contributed by atoms with van der Waals surface area (Å²) in [7, 11) is -1.29. The highest BCUT2D eigenvalue weighted by Crippen LogP contribution is 2.26. The van der Waals surface area contributed by atoms with E-state index in [9.17, 15) is 14.7 Å². The largest absolute Gasteiger partial charge is 0.462 e. The molecule has 1 amide bonds. The lowest BCUT2D eigenvalue weighted by atomic mass is 9.98. The first kappa shape index (κ1) is 29.3. The second kappa shape index (κ2) is 14.1. The normalized spacial score (nSPS) is 12.2. The number of unbranched alkanes of at least 4 members (excludes halogenated alkanes) is 1. The van der Waals surface area contributed by atoms with Crippen LogP contribution in [0.1, 0.15) is 47.8 Å². The summed E-state index contributed by atoms with van der Waals surface area (Å²) in [6.45, 7) is 9.52. The number of aromatic nitrogens is 2. The molecule has 38 heavy (non-hydrogen) atoms. The number of amides is 1. The predicted octanol–water partition coefficient (Wildman–Crippen LogP) is 5.69. The molecular weight excluding hydrogens is 494 g/mol. The molecule has 1 unspecified atom stereocenters. The molecule has 0 saturated carbocycles. The maximum absolute atomic E-state index is 13.1. The Morgan fingerprint density at radius 1 is 1.11 bits per heavy atom. The monoisotopic (exact) mass is 535 g/mol. The van der Waals surface area contributed by atoms with Gasteiger partial charge in [0.15, 0.2) is 0 Å². The van der Waals surface area contributed by atoms with Gasteiger partial charge in [0, 0.05) is 33.7 Å². The number of benzene rings is 2. The molecule has 0 aliphatic carbocycles. The molecule has 7 nitrogen and oxygen atoms in total. The molecule has 1 heterocycles. The zero-order valence-corrected chi connectivity index (χ0v) is 24.1. The third-order valence-corrected chi connectivity index (χ3v) is 8.27. The van der Waals surface area contributed by atoms with E-state index >= 15 is 0 Å². The summed E-state index contributed by atoms with van der Waals surface area (Å²) in [4.78, 5) is 35.0. The van der Waals surface area contributed by atoms with Gasteiger partial charge in [-0.05, 0) is 35.2 Å². The van der Waals surface area contributed by atoms with Gasteiger partial charge in [-0.3, -0.25) is 4.79 Å². The Morgan fingerprint density at radius 2 is 1.84 bits per heavy atom. The smallest absolute Gasteiger partial charge is 0.338 e. The summed E-state index contributed by atoms with van der Waals surface area (Å²) in [5.74, 6) is -0.281. The Kier molecular flexibility index (Phi) is 10.9. The SMILES string of the molecule is CCCCC(=O)N(Cc1ccc(-c2ccccc2C(=O)OCC[Si](C)(C)C)cc1)C(CO)Cc1c[nH]cn1. The van der Waals surface area contributed by atoms with Crippen LogP contribution in [0.4, 0.5) is 0 Å². The van der Waals surface area contributed by atoms with Crippen molar-refractivity contribution in [3.8, 4) is 11.1 Å². The van der Waals surface area contributed by atoms with E-state index < -0.39 is 8.07 Å². The highest BCUT2D eigenvalue weighted by Gasteiger charge is 2.24. The van der Waals surface area contributed by atoms with Gasteiger partial charge in [0.25, 0.3) is 0 Å². The van der Waals surface area contributed by atoms with E-state index in [1.54, 1.807) is 23.5 Å². The number of aliphatic hydroxyl groups is 1. The summed E-state index contributed by atoms with van der Waals surface area (Å²) < 4.78 is 5.60. The summed E-state index contributed by atoms with van der Waals surface area (Å²) in [6, 6.07) is 16.0. The van der Waals surface area contributed by atoms with Crippen molar-refractivity contribution in [1.29, 1.82) is 0 Å². The highest BCUT2D eigenvalue weighted by atomic mass is 28.3. The van der Waals surface area contributed by atoms with Gasteiger partial charge >= 0.3 is 5.97 Å². The van der Waals surface area contributed by atoms with E-state index in [2.05, 4.69) is 36.5 Å². The van der Waals surface area contributed by atoms with Crippen LogP contribution >= 0.6 is 0 Å². The van der Waals surface area contributed by atoms with Crippen LogP contribution in [0.2, 0.25) is 25.7 Å². The van der Waals surface area contributed by atoms with Crippen molar-refractivity contribution >= 4 is 20.0 Å². The molecule has 2 aromatic carbocycles. The Hall–Kier alpha value is -3.23. The summed E-state index contributed by atoms with van der Waals surface area (Å²) in [5, 5.41) is 10.2. The lowest BCUT2D eigenvalue weighted by molar-refractivity contribution is -0.135. The first-order chi connectivity index (χ1) is 18.2. The molecule has 0 spiro atoms. The van der Waals surface area contributed by atoms with Gasteiger partial charge in [0.1, 0.15) is 0 Å². The number of hydrogen-bond acceptors (Lipinski definition) is 5. The second-order valence-electron chi connectivity index (χ2n) is 10.9. The number of carbonyl (C=O) groups is 2. The third-order valence-electron chi connectivity index (χ3n) is 6.57. The van der Waals surface area contributed by atoms with Crippen LogP contribution in [0.3, 0.4) is 0 Å². The van der Waals surface area contributed by atoms with E-state index in [-0.39, 0.29) is 24.5 Å². The number of carbonyl (C=O) groups excluding carboxylic acids is 2. The number of rotatable bonds is 14. The van der Waals surface area contributed by atoms with E-state index in [0.717, 1.165) is 41.3 Å². The van der Waals surface area contributed by atoms with Crippen molar-refractivity contribution < 1.29 is 19.4 Å². The molecule has 0 aliphatic heterocycles. The Labute approximate surface area is 227 Å². The standard InChI is InChI=1S/C30H41N3O4Si/c1-5-6-11-29(35)33(26(21-34)18-25-19-31-22-32-25)20-23-12-14-24(15-13-23)27-9-7-8-10-28(27)30(36)37-16-17-38(2,3)4/h7-10,12-15,19,22,26,34H,5-6,11,16-18,20-21H2,1-4H3,(H,31,32). The van der Waals surface area contributed by atoms with E-state index in [1.807, 2.05) is 42.5 Å². The molecule has 0 fully saturated rings. The quantitative estimate of drug-likeness (QED) is 0.204. The van der Waals surface area contributed by atoms with Gasteiger partial charge in [-0.2, -0.15) is 0 Å². The molecule has 8 heteroatoms. The fourth-order valence-electron chi connectivity index (χ4n) is 4.24. The summed E-state index contributed by atoms with van der Waals surface area (Å²) >= 11 is 0. The Morgan fingerprint density at radius 3 is 2.47 bits per heavy atom. The molecule has 0 aliphatic rings. The zero-order chi connectivity index (χ0) is 27.5. The van der Waals surface area contributed by atoms with Crippen molar-refractivity contribution in [2.45, 2.75) is 70.9 Å². The third kappa shape index (κ3) is 8.67. The van der Waals surface area contributed by atoms with E-state index in [0.29, 0.717) is 31.6 Å². The van der Waals surface area contributed by atoms with E-state index in [1.165, 1.54) is 0 Å². The van der Waals surface area contributed by atoms with Crippen LogP contribution in [0.5, 0.6) is 0 Å². The van der Waals surface area contributed by atoms with Crippen LogP contribution in [0.15, 0.2) is 61.1 Å². The molecule has 3 aromatic rings. The molecule has 1 aromatic heterocycles. The fourth-order valence-corrected chi connectivity index (χ4v) is 4.95. The maximum atomic E-state index is 13.1.